The standard InChI is InChI=1S/C58H38GeN4.C55H39GeN3/c1-5-19-39(20-6-1)55-54-56(47-28-13-16-30-49(47)59(54,41-21-7-2-8-22-41)42-23-9-3-10-24-42)61-58(60-55)40-33-35-44(36-34-40)62-51-32-18-15-29-48(51)53-52(62)38-37-46-45-27-14-17-31-50(45)63(57(46)53)43-25-11-4-12-26-43;1-55(2)45-27-15-12-24-41(45)42-34-35-48-49(50(42)55)44-26-14-17-29-47(44)59(48)40-32-30-37(31-33-40)54-57-52(36-18-6-3-7-19-36)51-53(58-54)43-25-13-16-28-46(43)56(51,38-20-8-4-9-21-38)39-22-10-5-11-23-39/h1-38H;3-35H,1-2H3. The second kappa shape index (κ2) is 28.3. The predicted molar refractivity (Wildman–Crippen MR) is 512 cm³/mol. The van der Waals surface area contributed by atoms with Gasteiger partial charge in [-0.2, -0.15) is 0 Å². The molecule has 0 saturated carbocycles. The van der Waals surface area contributed by atoms with Gasteiger partial charge in [-0.05, 0) is 34.9 Å². The van der Waals surface area contributed by atoms with Crippen molar-refractivity contribution in [2.45, 2.75) is 19.3 Å². The van der Waals surface area contributed by atoms with Gasteiger partial charge in [-0.1, -0.05) is 86.6 Å². The van der Waals surface area contributed by atoms with Gasteiger partial charge in [-0.15, -0.1) is 0 Å². The number of hydrogen-bond acceptors (Lipinski definition) is 4. The summed E-state index contributed by atoms with van der Waals surface area (Å²) >= 11 is -7.26. The second-order valence-electron chi connectivity index (χ2n) is 32.9. The molecule has 0 N–H and O–H groups in total. The molecule has 1 aliphatic carbocycles. The summed E-state index contributed by atoms with van der Waals surface area (Å²) in [6, 6.07) is 157. The first-order valence-electron chi connectivity index (χ1n) is 42.1. The van der Waals surface area contributed by atoms with E-state index >= 15 is 0 Å². The summed E-state index contributed by atoms with van der Waals surface area (Å²) in [5.74, 6) is 1.47. The van der Waals surface area contributed by atoms with Crippen molar-refractivity contribution in [3.8, 4) is 96.0 Å². The second-order valence-corrected chi connectivity index (χ2v) is 48.4. The van der Waals surface area contributed by atoms with Crippen LogP contribution in [0.2, 0.25) is 0 Å². The van der Waals surface area contributed by atoms with Gasteiger partial charge in [0, 0.05) is 21.9 Å². The Kier molecular flexibility index (Phi) is 16.6. The number of para-hydroxylation sites is 4. The number of aromatic nitrogens is 7. The third kappa shape index (κ3) is 10.6. The van der Waals surface area contributed by atoms with Crippen molar-refractivity contribution in [3.05, 3.63) is 442 Å². The molecule has 22 aromatic rings. The van der Waals surface area contributed by atoms with E-state index in [1.807, 2.05) is 0 Å². The third-order valence-electron chi connectivity index (χ3n) is 26.3. The van der Waals surface area contributed by atoms with Crippen LogP contribution in [-0.4, -0.2) is 60.2 Å². The normalized spacial score (nSPS) is 13.5. The Balaban J connectivity index is 0.000000138. The fourth-order valence-corrected chi connectivity index (χ4v) is 43.2. The number of benzene rings is 17. The number of hydrogen-bond donors (Lipinski definition) is 0. The van der Waals surface area contributed by atoms with Gasteiger partial charge in [-0.25, -0.2) is 0 Å². The molecule has 0 bridgehead atoms. The summed E-state index contributed by atoms with van der Waals surface area (Å²) in [6.07, 6.45) is 0. The molecule has 0 atom stereocenters. The zero-order valence-corrected chi connectivity index (χ0v) is 71.3. The number of fused-ring (bicyclic) bond motifs is 20. The van der Waals surface area contributed by atoms with E-state index in [0.717, 1.165) is 79.3 Å². The summed E-state index contributed by atoms with van der Waals surface area (Å²) in [5.41, 5.74) is 26.7. The van der Waals surface area contributed by atoms with E-state index in [2.05, 4.69) is 458 Å². The van der Waals surface area contributed by atoms with Gasteiger partial charge >= 0.3 is 564 Å². The minimum atomic E-state index is -3.64. The Hall–Kier alpha value is -14.6. The zero-order valence-electron chi connectivity index (χ0n) is 67.1. The molecular formula is C113H77Ge2N7. The Morgan fingerprint density at radius 1 is 0.230 bits per heavy atom. The molecule has 25 rings (SSSR count). The topological polar surface area (TPSA) is 66.3 Å². The van der Waals surface area contributed by atoms with Crippen molar-refractivity contribution < 1.29 is 0 Å². The Morgan fingerprint density at radius 2 is 0.574 bits per heavy atom. The fraction of sp³-hybridized carbons (Fsp3) is 0.0265. The maximum atomic E-state index is 5.63. The molecular weight excluding hydrogens is 1600 g/mol. The number of rotatable bonds is 11. The molecule has 572 valence electrons. The molecule has 5 aromatic heterocycles. The zero-order chi connectivity index (χ0) is 80.8. The Labute approximate surface area is 712 Å². The first kappa shape index (κ1) is 71.5. The van der Waals surface area contributed by atoms with Gasteiger partial charge in [0.15, 0.2) is 0 Å². The van der Waals surface area contributed by atoms with Crippen molar-refractivity contribution in [1.82, 2.24) is 33.6 Å². The summed E-state index contributed by atoms with van der Waals surface area (Å²) in [6.45, 7) is 4.76. The summed E-state index contributed by atoms with van der Waals surface area (Å²) in [5, 5.41) is 7.58. The molecule has 0 spiro atoms. The average Bonchev–Trinajstić information content (AvgIpc) is 1.54. The van der Waals surface area contributed by atoms with Crippen molar-refractivity contribution in [2.75, 3.05) is 0 Å². The molecule has 2 aliphatic heterocycles. The first-order valence-corrected chi connectivity index (χ1v) is 50.5. The molecule has 17 aromatic carbocycles. The molecule has 3 aliphatic rings. The van der Waals surface area contributed by atoms with Crippen LogP contribution < -0.4 is 35.2 Å². The van der Waals surface area contributed by atoms with Gasteiger partial charge < -0.3 is 4.57 Å². The molecule has 0 unspecified atom stereocenters. The van der Waals surface area contributed by atoms with Gasteiger partial charge in [0.2, 0.25) is 0 Å². The molecule has 0 amide bonds. The van der Waals surface area contributed by atoms with Crippen LogP contribution in [0.25, 0.3) is 161 Å². The van der Waals surface area contributed by atoms with E-state index in [1.54, 1.807) is 0 Å². The van der Waals surface area contributed by atoms with Gasteiger partial charge in [0.1, 0.15) is 0 Å². The molecule has 122 heavy (non-hydrogen) atoms. The summed E-state index contributed by atoms with van der Waals surface area (Å²) in [7, 11) is 0. The fourth-order valence-electron chi connectivity index (χ4n) is 21.2. The van der Waals surface area contributed by atoms with E-state index in [-0.39, 0.29) is 5.41 Å². The minimum absolute atomic E-state index is 0.118. The SMILES string of the molecule is CC1(C)c2ccccc2-c2ccc3c(c21)c1ccccc1n3-c1ccc(-c2nc(-c3ccccc3)[c]3c(n2)-c2cccc[c]2[Ge]3([c]2ccccc2)[c]2ccccc2)cc1.c1ccc(-c2nc(-c3ccc(-n4c5ccccc5c5c4ccc4c6ccccc6n(-c6ccccc6)c45)cc3)nc3[c]2[Ge]([c]2ccccc2)([c]2ccccc2)[c]2ccccc2-3)cc1. The van der Waals surface area contributed by atoms with Crippen molar-refractivity contribution in [2.24, 2.45) is 0 Å². The van der Waals surface area contributed by atoms with E-state index in [9.17, 15) is 0 Å². The molecule has 7 heterocycles. The summed E-state index contributed by atoms with van der Waals surface area (Å²) in [4.78, 5) is 22.4. The van der Waals surface area contributed by atoms with Gasteiger partial charge in [0.25, 0.3) is 0 Å². The number of nitrogens with zero attached hydrogens (tertiary/aromatic N) is 7. The predicted octanol–water partition coefficient (Wildman–Crippen LogP) is 21.9. The van der Waals surface area contributed by atoms with E-state index in [0.29, 0.717) is 0 Å². The van der Waals surface area contributed by atoms with Crippen molar-refractivity contribution in [3.63, 3.8) is 0 Å². The molecule has 9 heteroatoms. The quantitative estimate of drug-likeness (QED) is 0.121. The van der Waals surface area contributed by atoms with Crippen LogP contribution in [0.4, 0.5) is 0 Å². The average molecular weight is 1680 g/mol. The van der Waals surface area contributed by atoms with Crippen LogP contribution in [0.3, 0.4) is 0 Å². The van der Waals surface area contributed by atoms with Crippen LogP contribution in [0.1, 0.15) is 25.0 Å². The van der Waals surface area contributed by atoms with Crippen molar-refractivity contribution in [1.29, 1.82) is 0 Å². The van der Waals surface area contributed by atoms with Crippen LogP contribution in [0.15, 0.2) is 431 Å². The Morgan fingerprint density at radius 3 is 1.04 bits per heavy atom. The van der Waals surface area contributed by atoms with E-state index < -0.39 is 26.5 Å². The van der Waals surface area contributed by atoms with Gasteiger partial charge in [-0.3, -0.25) is 0 Å². The summed E-state index contributed by atoms with van der Waals surface area (Å²) < 4.78 is 18.2. The monoisotopic (exact) mass is 1680 g/mol. The van der Waals surface area contributed by atoms with E-state index in [4.69, 9.17) is 19.9 Å². The Bertz CT molecular complexity index is 7850. The maximum absolute atomic E-state index is 5.63. The van der Waals surface area contributed by atoms with Gasteiger partial charge in [0.05, 0.1) is 5.52 Å². The van der Waals surface area contributed by atoms with Crippen molar-refractivity contribution >= 4 is 127 Å². The third-order valence-corrected chi connectivity index (χ3v) is 46.7. The van der Waals surface area contributed by atoms with Crippen LogP contribution in [0, 0.1) is 0 Å². The first-order chi connectivity index (χ1) is 60.3. The van der Waals surface area contributed by atoms with Crippen LogP contribution >= 0.6 is 0 Å². The van der Waals surface area contributed by atoms with Crippen LogP contribution in [0.5, 0.6) is 0 Å². The molecule has 0 fully saturated rings. The molecule has 7 nitrogen and oxygen atoms in total. The van der Waals surface area contributed by atoms with Crippen LogP contribution in [-0.2, 0) is 5.41 Å². The molecule has 0 radical (unpaired) electrons. The molecule has 0 saturated heterocycles. The van der Waals surface area contributed by atoms with E-state index in [1.165, 1.54) is 128 Å².